The van der Waals surface area contributed by atoms with Gasteiger partial charge in [-0.25, -0.2) is 0 Å². The van der Waals surface area contributed by atoms with Crippen molar-refractivity contribution in [3.63, 3.8) is 0 Å². The number of aliphatic hydroxyl groups is 1. The number of aromatic hydroxyl groups is 1. The fraction of sp³-hybridized carbons (Fsp3) is 0.296. The number of phenolic OH excluding ortho intramolecular Hbond substituents is 1. The Morgan fingerprint density at radius 1 is 0.944 bits per heavy atom. The van der Waals surface area contributed by atoms with Crippen LogP contribution in [-0.2, 0) is 19.4 Å². The lowest BCUT2D eigenvalue weighted by Gasteiger charge is -2.13. The molecular formula is C27H29Cl2N3O3S. The van der Waals surface area contributed by atoms with Gasteiger partial charge in [0.05, 0.1) is 10.8 Å². The fourth-order valence-electron chi connectivity index (χ4n) is 4.18. The SMILES string of the molecule is O=c1[nH]c2c(O)ccc(C(O)CNCCCc3cccc(CNCCc4c(Cl)cccc4Cl)c3)c2s1. The molecule has 190 valence electrons. The number of fused-ring (bicyclic) bond motifs is 1. The number of thiazole rings is 1. The van der Waals surface area contributed by atoms with Crippen molar-refractivity contribution in [2.75, 3.05) is 19.6 Å². The number of phenols is 1. The van der Waals surface area contributed by atoms with E-state index < -0.39 is 6.10 Å². The van der Waals surface area contributed by atoms with Crippen LogP contribution in [0.15, 0.2) is 59.4 Å². The number of aromatic nitrogens is 1. The van der Waals surface area contributed by atoms with Gasteiger partial charge in [0.25, 0.3) is 0 Å². The molecule has 1 unspecified atom stereocenters. The molecule has 0 saturated carbocycles. The number of benzene rings is 3. The summed E-state index contributed by atoms with van der Waals surface area (Å²) >= 11 is 13.5. The van der Waals surface area contributed by atoms with Crippen LogP contribution in [0.25, 0.3) is 10.2 Å². The molecule has 1 atom stereocenters. The number of rotatable bonds is 12. The minimum absolute atomic E-state index is 0.00896. The summed E-state index contributed by atoms with van der Waals surface area (Å²) < 4.78 is 0.592. The molecule has 3 aromatic carbocycles. The summed E-state index contributed by atoms with van der Waals surface area (Å²) in [6, 6.07) is 17.3. The second-order valence-corrected chi connectivity index (χ2v) is 10.5. The van der Waals surface area contributed by atoms with E-state index in [1.165, 1.54) is 17.2 Å². The highest BCUT2D eigenvalue weighted by molar-refractivity contribution is 7.16. The Kier molecular flexibility index (Phi) is 9.42. The van der Waals surface area contributed by atoms with E-state index in [-0.39, 0.29) is 10.6 Å². The van der Waals surface area contributed by atoms with E-state index in [2.05, 4.69) is 39.9 Å². The normalized spacial score (nSPS) is 12.3. The van der Waals surface area contributed by atoms with Gasteiger partial charge in [0.1, 0.15) is 11.3 Å². The molecule has 0 bridgehead atoms. The molecule has 0 spiro atoms. The lowest BCUT2D eigenvalue weighted by molar-refractivity contribution is 0.176. The van der Waals surface area contributed by atoms with Crippen LogP contribution in [0, 0.1) is 0 Å². The smallest absolute Gasteiger partial charge is 0.305 e. The van der Waals surface area contributed by atoms with Gasteiger partial charge in [-0.2, -0.15) is 0 Å². The Bertz CT molecular complexity index is 1350. The first-order chi connectivity index (χ1) is 17.4. The fourth-order valence-corrected chi connectivity index (χ4v) is 5.68. The lowest BCUT2D eigenvalue weighted by atomic mass is 10.1. The number of halogens is 2. The van der Waals surface area contributed by atoms with Crippen LogP contribution in [0.2, 0.25) is 10.0 Å². The van der Waals surface area contributed by atoms with Crippen molar-refractivity contribution in [1.29, 1.82) is 0 Å². The van der Waals surface area contributed by atoms with Gasteiger partial charge in [-0.05, 0) is 67.2 Å². The van der Waals surface area contributed by atoms with Crippen LogP contribution in [0.5, 0.6) is 5.75 Å². The number of aryl methyl sites for hydroxylation is 1. The Hall–Kier alpha value is -2.39. The molecular weight excluding hydrogens is 517 g/mol. The van der Waals surface area contributed by atoms with E-state index >= 15 is 0 Å². The summed E-state index contributed by atoms with van der Waals surface area (Å²) in [5, 5.41) is 28.7. The van der Waals surface area contributed by atoms with Crippen LogP contribution in [0.4, 0.5) is 0 Å². The molecule has 36 heavy (non-hydrogen) atoms. The maximum absolute atomic E-state index is 11.7. The zero-order valence-electron chi connectivity index (χ0n) is 19.7. The standard InChI is InChI=1S/C27H29Cl2N3O3S/c28-21-7-2-8-22(29)19(21)11-13-31-15-18-5-1-4-17(14-18)6-3-12-30-16-24(34)20-9-10-23(33)25-26(20)36-27(35)32-25/h1-2,4-5,7-10,14,24,30-31,33-34H,3,6,11-13,15-16H2,(H,32,35). The van der Waals surface area contributed by atoms with Gasteiger partial charge >= 0.3 is 4.87 Å². The molecule has 0 radical (unpaired) electrons. The first-order valence-electron chi connectivity index (χ1n) is 11.9. The van der Waals surface area contributed by atoms with Gasteiger partial charge in [0.15, 0.2) is 0 Å². The van der Waals surface area contributed by atoms with Gasteiger partial charge < -0.3 is 25.8 Å². The molecule has 5 N–H and O–H groups in total. The van der Waals surface area contributed by atoms with Crippen molar-refractivity contribution in [3.8, 4) is 5.75 Å². The van der Waals surface area contributed by atoms with E-state index in [4.69, 9.17) is 23.2 Å². The predicted octanol–water partition coefficient (Wildman–Crippen LogP) is 5.19. The molecule has 1 aromatic heterocycles. The minimum atomic E-state index is -0.769. The highest BCUT2D eigenvalue weighted by Crippen LogP contribution is 2.31. The van der Waals surface area contributed by atoms with Crippen LogP contribution in [-0.4, -0.2) is 34.8 Å². The maximum Gasteiger partial charge on any atom is 0.305 e. The molecule has 6 nitrogen and oxygen atoms in total. The summed E-state index contributed by atoms with van der Waals surface area (Å²) in [4.78, 5) is 14.0. The van der Waals surface area contributed by atoms with E-state index in [1.54, 1.807) is 6.07 Å². The van der Waals surface area contributed by atoms with Crippen molar-refractivity contribution in [2.24, 2.45) is 0 Å². The van der Waals surface area contributed by atoms with Crippen molar-refractivity contribution in [2.45, 2.75) is 31.9 Å². The maximum atomic E-state index is 11.7. The molecule has 0 amide bonds. The third kappa shape index (κ3) is 6.88. The van der Waals surface area contributed by atoms with Crippen molar-refractivity contribution in [1.82, 2.24) is 15.6 Å². The summed E-state index contributed by atoms with van der Waals surface area (Å²) in [5.41, 5.74) is 4.48. The first-order valence-corrected chi connectivity index (χ1v) is 13.4. The van der Waals surface area contributed by atoms with Crippen molar-refractivity contribution in [3.05, 3.63) is 96.6 Å². The largest absolute Gasteiger partial charge is 0.506 e. The van der Waals surface area contributed by atoms with Gasteiger partial charge in [-0.3, -0.25) is 4.79 Å². The van der Waals surface area contributed by atoms with E-state index in [0.717, 1.165) is 55.8 Å². The molecule has 0 fully saturated rings. The zero-order valence-corrected chi connectivity index (χ0v) is 22.0. The highest BCUT2D eigenvalue weighted by atomic mass is 35.5. The van der Waals surface area contributed by atoms with Gasteiger partial charge in [-0.15, -0.1) is 0 Å². The van der Waals surface area contributed by atoms with Crippen LogP contribution in [0.1, 0.15) is 34.8 Å². The molecule has 4 rings (SSSR count). The first kappa shape index (κ1) is 26.7. The number of hydrogen-bond acceptors (Lipinski definition) is 6. The summed E-state index contributed by atoms with van der Waals surface area (Å²) in [7, 11) is 0. The number of nitrogens with one attached hydrogen (secondary N) is 3. The predicted molar refractivity (Wildman–Crippen MR) is 149 cm³/mol. The van der Waals surface area contributed by atoms with Crippen LogP contribution in [0.3, 0.4) is 0 Å². The Morgan fingerprint density at radius 3 is 2.50 bits per heavy atom. The van der Waals surface area contributed by atoms with E-state index in [0.29, 0.717) is 32.4 Å². The van der Waals surface area contributed by atoms with E-state index in [1.807, 2.05) is 18.2 Å². The molecule has 0 saturated heterocycles. The number of aromatic amines is 1. The third-order valence-electron chi connectivity index (χ3n) is 6.04. The van der Waals surface area contributed by atoms with Crippen LogP contribution >= 0.6 is 34.5 Å². The zero-order chi connectivity index (χ0) is 25.5. The molecule has 4 aromatic rings. The lowest BCUT2D eigenvalue weighted by Crippen LogP contribution is -2.23. The monoisotopic (exact) mass is 545 g/mol. The van der Waals surface area contributed by atoms with Crippen LogP contribution < -0.4 is 15.5 Å². The topological polar surface area (TPSA) is 97.4 Å². The summed E-state index contributed by atoms with van der Waals surface area (Å²) in [6.07, 6.45) is 1.86. The van der Waals surface area contributed by atoms with Gasteiger partial charge in [-0.1, -0.05) is 70.9 Å². The second kappa shape index (κ2) is 12.7. The molecule has 0 aliphatic heterocycles. The summed E-state index contributed by atoms with van der Waals surface area (Å²) in [6.45, 7) is 2.67. The molecule has 1 heterocycles. The Labute approximate surface area is 223 Å². The quantitative estimate of drug-likeness (QED) is 0.158. The number of H-pyrrole nitrogens is 1. The average molecular weight is 547 g/mol. The summed E-state index contributed by atoms with van der Waals surface area (Å²) in [5.74, 6) is 0.00896. The number of aliphatic hydroxyl groups excluding tert-OH is 1. The molecule has 0 aliphatic carbocycles. The highest BCUT2D eigenvalue weighted by Gasteiger charge is 2.15. The molecule has 0 aliphatic rings. The molecule has 9 heteroatoms. The van der Waals surface area contributed by atoms with Gasteiger partial charge in [0, 0.05) is 28.7 Å². The number of hydrogen-bond donors (Lipinski definition) is 5. The third-order valence-corrected chi connectivity index (χ3v) is 7.68. The van der Waals surface area contributed by atoms with Crippen molar-refractivity contribution < 1.29 is 10.2 Å². The average Bonchev–Trinajstić information content (AvgIpc) is 3.25. The van der Waals surface area contributed by atoms with Gasteiger partial charge in [0.2, 0.25) is 0 Å². The Balaban J connectivity index is 1.19. The second-order valence-electron chi connectivity index (χ2n) is 8.66. The van der Waals surface area contributed by atoms with E-state index in [9.17, 15) is 15.0 Å². The van der Waals surface area contributed by atoms with Crippen molar-refractivity contribution >= 4 is 44.8 Å². The minimum Gasteiger partial charge on any atom is -0.506 e. The Morgan fingerprint density at radius 2 is 1.69 bits per heavy atom.